The number of para-hydroxylation sites is 1. The van der Waals surface area contributed by atoms with Crippen LogP contribution in [0, 0.1) is 6.92 Å². The third-order valence-corrected chi connectivity index (χ3v) is 4.70. The predicted molar refractivity (Wildman–Crippen MR) is 110 cm³/mol. The number of thiazole rings is 1. The van der Waals surface area contributed by atoms with Gasteiger partial charge in [-0.3, -0.25) is 10.2 Å². The SMILES string of the molecule is COc1ccc(C=NNc2nc(C)cs2)cc1COc1ccccc1C(N)=O. The molecule has 0 spiro atoms. The number of anilines is 1. The van der Waals surface area contributed by atoms with Crippen molar-refractivity contribution >= 4 is 28.6 Å². The average Bonchev–Trinajstić information content (AvgIpc) is 3.11. The molecular formula is C20H20N4O3S. The summed E-state index contributed by atoms with van der Waals surface area (Å²) in [4.78, 5) is 15.8. The smallest absolute Gasteiger partial charge is 0.252 e. The number of hydrogen-bond acceptors (Lipinski definition) is 7. The first-order valence-electron chi connectivity index (χ1n) is 8.46. The van der Waals surface area contributed by atoms with Gasteiger partial charge in [0.15, 0.2) is 0 Å². The molecule has 0 bridgehead atoms. The molecule has 0 fully saturated rings. The number of nitrogens with two attached hydrogens (primary N) is 1. The Bertz CT molecular complexity index is 1000. The normalized spacial score (nSPS) is 10.8. The van der Waals surface area contributed by atoms with E-state index in [1.807, 2.05) is 30.5 Å². The van der Waals surface area contributed by atoms with Crippen molar-refractivity contribution in [3.8, 4) is 11.5 Å². The van der Waals surface area contributed by atoms with Gasteiger partial charge in [0, 0.05) is 10.9 Å². The van der Waals surface area contributed by atoms with Crippen LogP contribution in [0.15, 0.2) is 52.9 Å². The number of carbonyl (C=O) groups is 1. The number of methoxy groups -OCH3 is 1. The molecular weight excluding hydrogens is 376 g/mol. The summed E-state index contributed by atoms with van der Waals surface area (Å²) in [5.41, 5.74) is 11.3. The lowest BCUT2D eigenvalue weighted by atomic mass is 10.1. The van der Waals surface area contributed by atoms with Crippen molar-refractivity contribution in [2.75, 3.05) is 12.5 Å². The molecule has 1 heterocycles. The molecule has 0 saturated carbocycles. The van der Waals surface area contributed by atoms with Crippen molar-refractivity contribution in [3.63, 3.8) is 0 Å². The minimum Gasteiger partial charge on any atom is -0.496 e. The molecule has 3 N–H and O–H groups in total. The predicted octanol–water partition coefficient (Wildman–Crippen LogP) is 3.58. The van der Waals surface area contributed by atoms with E-state index in [1.54, 1.807) is 37.6 Å². The van der Waals surface area contributed by atoms with Gasteiger partial charge >= 0.3 is 0 Å². The van der Waals surface area contributed by atoms with Gasteiger partial charge in [0.05, 0.1) is 24.6 Å². The number of nitrogens with zero attached hydrogens (tertiary/aromatic N) is 2. The standard InChI is InChI=1S/C20H20N4O3S/c1-13-12-28-20(23-13)24-22-10-14-7-8-17(26-2)15(9-14)11-27-18-6-4-3-5-16(18)19(21)25/h3-10,12H,11H2,1-2H3,(H2,21,25)(H,23,24). The summed E-state index contributed by atoms with van der Waals surface area (Å²) in [6.07, 6.45) is 1.69. The number of amides is 1. The Morgan fingerprint density at radius 1 is 1.29 bits per heavy atom. The number of hydrazone groups is 1. The van der Waals surface area contributed by atoms with Gasteiger partial charge in [0.2, 0.25) is 5.13 Å². The van der Waals surface area contributed by atoms with E-state index in [0.717, 1.165) is 22.0 Å². The molecule has 1 amide bonds. The highest BCUT2D eigenvalue weighted by atomic mass is 32.1. The number of aryl methyl sites for hydroxylation is 1. The van der Waals surface area contributed by atoms with Crippen molar-refractivity contribution in [1.82, 2.24) is 4.98 Å². The number of primary amides is 1. The number of hydrogen-bond donors (Lipinski definition) is 2. The topological polar surface area (TPSA) is 98.8 Å². The van der Waals surface area contributed by atoms with Crippen LogP contribution >= 0.6 is 11.3 Å². The molecule has 0 aliphatic heterocycles. The van der Waals surface area contributed by atoms with E-state index in [1.165, 1.54) is 11.3 Å². The summed E-state index contributed by atoms with van der Waals surface area (Å²) in [5, 5.41) is 6.89. The van der Waals surface area contributed by atoms with Crippen LogP contribution in [0.25, 0.3) is 0 Å². The molecule has 0 atom stereocenters. The zero-order valence-corrected chi connectivity index (χ0v) is 16.3. The highest BCUT2D eigenvalue weighted by Gasteiger charge is 2.10. The number of nitrogens with one attached hydrogen (secondary N) is 1. The Morgan fingerprint density at radius 3 is 2.82 bits per heavy atom. The molecule has 8 heteroatoms. The molecule has 0 saturated heterocycles. The summed E-state index contributed by atoms with van der Waals surface area (Å²) in [6, 6.07) is 12.5. The number of rotatable bonds is 8. The maximum atomic E-state index is 11.5. The van der Waals surface area contributed by atoms with Crippen LogP contribution in [0.4, 0.5) is 5.13 Å². The molecule has 28 heavy (non-hydrogen) atoms. The van der Waals surface area contributed by atoms with Gasteiger partial charge in [-0.2, -0.15) is 5.10 Å². The summed E-state index contributed by atoms with van der Waals surface area (Å²) in [6.45, 7) is 2.14. The fourth-order valence-corrected chi connectivity index (χ4v) is 3.15. The Kier molecular flexibility index (Phi) is 6.23. The van der Waals surface area contributed by atoms with Crippen LogP contribution < -0.4 is 20.6 Å². The van der Waals surface area contributed by atoms with Crippen molar-refractivity contribution in [3.05, 3.63) is 70.2 Å². The van der Waals surface area contributed by atoms with E-state index in [2.05, 4.69) is 15.5 Å². The summed E-state index contributed by atoms with van der Waals surface area (Å²) >= 11 is 1.49. The molecule has 144 valence electrons. The van der Waals surface area contributed by atoms with Gasteiger partial charge in [-0.15, -0.1) is 11.3 Å². The van der Waals surface area contributed by atoms with E-state index >= 15 is 0 Å². The first-order valence-corrected chi connectivity index (χ1v) is 9.34. The van der Waals surface area contributed by atoms with Crippen LogP contribution in [0.5, 0.6) is 11.5 Å². The van der Waals surface area contributed by atoms with E-state index in [-0.39, 0.29) is 6.61 Å². The Hall–Kier alpha value is -3.39. The number of benzene rings is 2. The molecule has 0 aliphatic rings. The van der Waals surface area contributed by atoms with E-state index in [0.29, 0.717) is 17.1 Å². The van der Waals surface area contributed by atoms with E-state index < -0.39 is 5.91 Å². The first-order chi connectivity index (χ1) is 13.6. The van der Waals surface area contributed by atoms with Gasteiger partial charge in [-0.25, -0.2) is 4.98 Å². The lowest BCUT2D eigenvalue weighted by molar-refractivity contribution is 0.0996. The van der Waals surface area contributed by atoms with Crippen LogP contribution in [-0.4, -0.2) is 24.2 Å². The minimum atomic E-state index is -0.535. The second kappa shape index (κ2) is 9.01. The van der Waals surface area contributed by atoms with Crippen LogP contribution in [0.3, 0.4) is 0 Å². The third kappa shape index (κ3) is 4.86. The molecule has 3 rings (SSSR count). The quantitative estimate of drug-likeness (QED) is 0.448. The lowest BCUT2D eigenvalue weighted by Crippen LogP contribution is -2.13. The Morgan fingerprint density at radius 2 is 2.11 bits per heavy atom. The minimum absolute atomic E-state index is 0.217. The summed E-state index contributed by atoms with van der Waals surface area (Å²) in [5.74, 6) is 0.570. The van der Waals surface area contributed by atoms with Crippen molar-refractivity contribution in [2.45, 2.75) is 13.5 Å². The van der Waals surface area contributed by atoms with E-state index in [9.17, 15) is 4.79 Å². The number of ether oxygens (including phenoxy) is 2. The fourth-order valence-electron chi connectivity index (χ4n) is 2.51. The van der Waals surface area contributed by atoms with Gasteiger partial charge in [0.1, 0.15) is 18.1 Å². The molecule has 0 unspecified atom stereocenters. The van der Waals surface area contributed by atoms with Gasteiger partial charge in [-0.1, -0.05) is 12.1 Å². The molecule has 0 aliphatic carbocycles. The monoisotopic (exact) mass is 396 g/mol. The summed E-state index contributed by atoms with van der Waals surface area (Å²) in [7, 11) is 1.59. The Labute approximate surface area is 166 Å². The second-order valence-electron chi connectivity index (χ2n) is 5.88. The second-order valence-corrected chi connectivity index (χ2v) is 6.74. The maximum Gasteiger partial charge on any atom is 0.252 e. The zero-order valence-electron chi connectivity index (χ0n) is 15.5. The number of carbonyl (C=O) groups excluding carboxylic acids is 1. The fraction of sp³-hybridized carbons (Fsp3) is 0.150. The number of aromatic nitrogens is 1. The van der Waals surface area contributed by atoms with Crippen LogP contribution in [0.2, 0.25) is 0 Å². The van der Waals surface area contributed by atoms with Gasteiger partial charge in [-0.05, 0) is 42.8 Å². The maximum absolute atomic E-state index is 11.5. The molecule has 0 radical (unpaired) electrons. The highest BCUT2D eigenvalue weighted by Crippen LogP contribution is 2.24. The van der Waals surface area contributed by atoms with Crippen molar-refractivity contribution in [1.29, 1.82) is 0 Å². The molecule has 7 nitrogen and oxygen atoms in total. The third-order valence-electron chi connectivity index (χ3n) is 3.83. The Balaban J connectivity index is 1.73. The molecule has 2 aromatic carbocycles. The lowest BCUT2D eigenvalue weighted by Gasteiger charge is -2.12. The van der Waals surface area contributed by atoms with Gasteiger partial charge < -0.3 is 15.2 Å². The van der Waals surface area contributed by atoms with Crippen LogP contribution in [-0.2, 0) is 6.61 Å². The molecule has 3 aromatic rings. The van der Waals surface area contributed by atoms with Gasteiger partial charge in [0.25, 0.3) is 5.91 Å². The summed E-state index contributed by atoms with van der Waals surface area (Å²) < 4.78 is 11.2. The van der Waals surface area contributed by atoms with Crippen molar-refractivity contribution < 1.29 is 14.3 Å². The van der Waals surface area contributed by atoms with Crippen molar-refractivity contribution in [2.24, 2.45) is 10.8 Å². The average molecular weight is 396 g/mol. The first kappa shape index (κ1) is 19.4. The zero-order chi connectivity index (χ0) is 19.9. The van der Waals surface area contributed by atoms with E-state index in [4.69, 9.17) is 15.2 Å². The molecule has 1 aromatic heterocycles. The van der Waals surface area contributed by atoms with Crippen LogP contribution in [0.1, 0.15) is 27.2 Å². The largest absolute Gasteiger partial charge is 0.496 e. The highest BCUT2D eigenvalue weighted by molar-refractivity contribution is 7.13.